The average molecular weight is 332 g/mol. The molecule has 2 bridgehead atoms. The Balaban J connectivity index is 1.58. The number of anilines is 2. The van der Waals surface area contributed by atoms with E-state index in [1.165, 1.54) is 12.8 Å². The van der Waals surface area contributed by atoms with E-state index in [-0.39, 0.29) is 6.09 Å². The molecule has 24 heavy (non-hydrogen) atoms. The van der Waals surface area contributed by atoms with Crippen LogP contribution < -0.4 is 16.0 Å². The molecule has 1 aliphatic heterocycles. The normalized spacial score (nSPS) is 26.3. The number of hydrogen-bond donors (Lipinski definition) is 2. The van der Waals surface area contributed by atoms with E-state index in [1.54, 1.807) is 6.20 Å². The number of fused-ring (bicyclic) bond motifs is 2. The fourth-order valence-corrected chi connectivity index (χ4v) is 4.06. The van der Waals surface area contributed by atoms with E-state index in [0.717, 1.165) is 18.8 Å². The Morgan fingerprint density at radius 1 is 1.38 bits per heavy atom. The number of carbonyl (C=O) groups excluding carboxylic acids is 1. The number of pyridine rings is 1. The second-order valence-electron chi connectivity index (χ2n) is 7.96. The standard InChI is InChI=1S/C18H28N4O2/c1-18(2,3)24-17(23)21-9-14-12-6-7-13(14)11-22(10-12)15-5-4-8-20-16(15)19/h4-5,8,12-14H,6-7,9-11H2,1-3H3,(H2,19,20)(H,21,23)/t12-,13+,14-. The van der Waals surface area contributed by atoms with Gasteiger partial charge in [-0.25, -0.2) is 9.78 Å². The number of piperidine rings is 1. The molecule has 2 fully saturated rings. The lowest BCUT2D eigenvalue weighted by Gasteiger charge is -2.39. The second kappa shape index (κ2) is 6.49. The topological polar surface area (TPSA) is 80.5 Å². The number of amides is 1. The van der Waals surface area contributed by atoms with Crippen molar-refractivity contribution in [2.24, 2.45) is 17.8 Å². The number of nitrogens with two attached hydrogens (primary N) is 1. The van der Waals surface area contributed by atoms with Crippen LogP contribution in [0.4, 0.5) is 16.3 Å². The van der Waals surface area contributed by atoms with Crippen molar-refractivity contribution in [1.29, 1.82) is 0 Å². The van der Waals surface area contributed by atoms with Crippen LogP contribution in [0.15, 0.2) is 18.3 Å². The Hall–Kier alpha value is -1.98. The highest BCUT2D eigenvalue weighted by Crippen LogP contribution is 2.43. The zero-order valence-electron chi connectivity index (χ0n) is 14.8. The minimum Gasteiger partial charge on any atom is -0.444 e. The molecule has 1 saturated carbocycles. The highest BCUT2D eigenvalue weighted by atomic mass is 16.6. The quantitative estimate of drug-likeness (QED) is 0.889. The lowest BCUT2D eigenvalue weighted by atomic mass is 9.85. The fraction of sp³-hybridized carbons (Fsp3) is 0.667. The zero-order chi connectivity index (χ0) is 17.3. The Morgan fingerprint density at radius 2 is 2.04 bits per heavy atom. The average Bonchev–Trinajstić information content (AvgIpc) is 2.72. The molecule has 1 aromatic rings. The van der Waals surface area contributed by atoms with Crippen molar-refractivity contribution in [2.75, 3.05) is 30.3 Å². The Morgan fingerprint density at radius 3 is 2.62 bits per heavy atom. The predicted octanol–water partition coefficient (Wildman–Crippen LogP) is 2.65. The highest BCUT2D eigenvalue weighted by molar-refractivity contribution is 5.67. The monoisotopic (exact) mass is 332 g/mol. The lowest BCUT2D eigenvalue weighted by molar-refractivity contribution is 0.0508. The van der Waals surface area contributed by atoms with Gasteiger partial charge in [-0.3, -0.25) is 0 Å². The van der Waals surface area contributed by atoms with E-state index in [4.69, 9.17) is 10.5 Å². The van der Waals surface area contributed by atoms with Crippen LogP contribution in [0.1, 0.15) is 33.6 Å². The number of nitrogens with zero attached hydrogens (tertiary/aromatic N) is 2. The molecule has 1 amide bonds. The molecule has 6 nitrogen and oxygen atoms in total. The van der Waals surface area contributed by atoms with Gasteiger partial charge in [0.15, 0.2) is 0 Å². The molecule has 1 aromatic heterocycles. The van der Waals surface area contributed by atoms with Gasteiger partial charge in [-0.15, -0.1) is 0 Å². The SMILES string of the molecule is CC(C)(C)OC(=O)NC[C@@H]1[C@@H]2CC[C@H]1CN(c1cccnc1N)C2. The fourth-order valence-electron chi connectivity index (χ4n) is 4.06. The van der Waals surface area contributed by atoms with E-state index in [0.29, 0.717) is 30.1 Å². The lowest BCUT2D eigenvalue weighted by Crippen LogP contribution is -2.46. The molecule has 6 heteroatoms. The van der Waals surface area contributed by atoms with Crippen molar-refractivity contribution in [1.82, 2.24) is 10.3 Å². The second-order valence-corrected chi connectivity index (χ2v) is 7.96. The summed E-state index contributed by atoms with van der Waals surface area (Å²) in [6.07, 6.45) is 3.83. The smallest absolute Gasteiger partial charge is 0.407 e. The van der Waals surface area contributed by atoms with Crippen LogP contribution in [0, 0.1) is 17.8 Å². The molecule has 3 N–H and O–H groups in total. The summed E-state index contributed by atoms with van der Waals surface area (Å²) in [6, 6.07) is 3.98. The van der Waals surface area contributed by atoms with Gasteiger partial charge in [0.1, 0.15) is 11.4 Å². The van der Waals surface area contributed by atoms with Crippen molar-refractivity contribution in [3.8, 4) is 0 Å². The van der Waals surface area contributed by atoms with Crippen LogP contribution in [-0.4, -0.2) is 36.3 Å². The number of hydrogen-bond acceptors (Lipinski definition) is 5. The third-order valence-electron chi connectivity index (χ3n) is 5.07. The summed E-state index contributed by atoms with van der Waals surface area (Å²) in [4.78, 5) is 18.5. The van der Waals surface area contributed by atoms with Gasteiger partial charge in [-0.1, -0.05) is 0 Å². The first-order valence-corrected chi connectivity index (χ1v) is 8.76. The first-order chi connectivity index (χ1) is 11.3. The summed E-state index contributed by atoms with van der Waals surface area (Å²) in [7, 11) is 0. The summed E-state index contributed by atoms with van der Waals surface area (Å²) >= 11 is 0. The van der Waals surface area contributed by atoms with Crippen LogP contribution in [0.25, 0.3) is 0 Å². The maximum Gasteiger partial charge on any atom is 0.407 e. The van der Waals surface area contributed by atoms with Crippen LogP contribution in [0.5, 0.6) is 0 Å². The molecule has 0 spiro atoms. The van der Waals surface area contributed by atoms with E-state index >= 15 is 0 Å². The van der Waals surface area contributed by atoms with Crippen LogP contribution >= 0.6 is 0 Å². The van der Waals surface area contributed by atoms with Crippen LogP contribution in [0.2, 0.25) is 0 Å². The first kappa shape index (κ1) is 16.9. The van der Waals surface area contributed by atoms with E-state index < -0.39 is 5.60 Å². The van der Waals surface area contributed by atoms with E-state index in [1.807, 2.05) is 32.9 Å². The summed E-state index contributed by atoms with van der Waals surface area (Å²) in [5.74, 6) is 2.28. The summed E-state index contributed by atoms with van der Waals surface area (Å²) < 4.78 is 5.34. The van der Waals surface area contributed by atoms with Crippen molar-refractivity contribution in [3.05, 3.63) is 18.3 Å². The highest BCUT2D eigenvalue weighted by Gasteiger charge is 2.42. The van der Waals surface area contributed by atoms with Gasteiger partial charge in [-0.2, -0.15) is 0 Å². The number of nitrogen functional groups attached to an aromatic ring is 1. The Labute approximate surface area is 143 Å². The summed E-state index contributed by atoms with van der Waals surface area (Å²) in [6.45, 7) is 8.30. The number of carbonyl (C=O) groups is 1. The van der Waals surface area contributed by atoms with Crippen molar-refractivity contribution >= 4 is 17.6 Å². The number of nitrogens with one attached hydrogen (secondary N) is 1. The molecular weight excluding hydrogens is 304 g/mol. The van der Waals surface area contributed by atoms with Gasteiger partial charge in [0, 0.05) is 25.8 Å². The summed E-state index contributed by atoms with van der Waals surface area (Å²) in [5.41, 5.74) is 6.61. The molecular formula is C18H28N4O2. The van der Waals surface area contributed by atoms with Gasteiger partial charge < -0.3 is 20.7 Å². The van der Waals surface area contributed by atoms with E-state index in [9.17, 15) is 4.79 Å². The van der Waals surface area contributed by atoms with Crippen LogP contribution in [-0.2, 0) is 4.74 Å². The molecule has 132 valence electrons. The van der Waals surface area contributed by atoms with Gasteiger partial charge in [0.05, 0.1) is 5.69 Å². The molecule has 1 aliphatic carbocycles. The first-order valence-electron chi connectivity index (χ1n) is 8.76. The molecule has 3 rings (SSSR count). The predicted molar refractivity (Wildman–Crippen MR) is 94.8 cm³/mol. The maximum absolute atomic E-state index is 11.9. The largest absolute Gasteiger partial charge is 0.444 e. The van der Waals surface area contributed by atoms with E-state index in [2.05, 4.69) is 15.2 Å². The molecule has 2 heterocycles. The third-order valence-corrected chi connectivity index (χ3v) is 5.07. The molecule has 3 atom stereocenters. The Bertz CT molecular complexity index is 585. The van der Waals surface area contributed by atoms with Crippen molar-refractivity contribution in [3.63, 3.8) is 0 Å². The zero-order valence-corrected chi connectivity index (χ0v) is 14.8. The summed E-state index contributed by atoms with van der Waals surface area (Å²) in [5, 5.41) is 2.96. The molecule has 2 aliphatic rings. The van der Waals surface area contributed by atoms with Crippen molar-refractivity contribution < 1.29 is 9.53 Å². The Kier molecular flexibility index (Phi) is 4.56. The van der Waals surface area contributed by atoms with Crippen molar-refractivity contribution in [2.45, 2.75) is 39.2 Å². The van der Waals surface area contributed by atoms with Gasteiger partial charge in [0.25, 0.3) is 0 Å². The molecule has 0 radical (unpaired) electrons. The van der Waals surface area contributed by atoms with Crippen LogP contribution in [0.3, 0.4) is 0 Å². The minimum atomic E-state index is -0.454. The number of rotatable bonds is 3. The molecule has 0 aromatic carbocycles. The molecule has 0 unspecified atom stereocenters. The maximum atomic E-state index is 11.9. The number of ether oxygens (including phenoxy) is 1. The molecule has 1 saturated heterocycles. The third kappa shape index (κ3) is 3.74. The minimum absolute atomic E-state index is 0.319. The van der Waals surface area contributed by atoms with Gasteiger partial charge in [0.2, 0.25) is 0 Å². The van der Waals surface area contributed by atoms with Gasteiger partial charge >= 0.3 is 6.09 Å². The number of aromatic nitrogens is 1. The number of alkyl carbamates (subject to hydrolysis) is 1. The van der Waals surface area contributed by atoms with Gasteiger partial charge in [-0.05, 0) is 63.5 Å².